The van der Waals surface area contributed by atoms with Gasteiger partial charge in [0.2, 0.25) is 5.91 Å². The largest absolute Gasteiger partial charge is 0.354 e. The van der Waals surface area contributed by atoms with Crippen LogP contribution in [0, 0.1) is 12.3 Å². The van der Waals surface area contributed by atoms with Crippen LogP contribution in [0.25, 0.3) is 0 Å². The van der Waals surface area contributed by atoms with E-state index in [0.717, 1.165) is 17.0 Å². The van der Waals surface area contributed by atoms with Gasteiger partial charge in [-0.25, -0.2) is 4.79 Å². The van der Waals surface area contributed by atoms with Gasteiger partial charge in [-0.15, -0.1) is 0 Å². The van der Waals surface area contributed by atoms with Crippen molar-refractivity contribution in [3.8, 4) is 0 Å². The number of hydrogen-bond acceptors (Lipinski definition) is 4. The monoisotopic (exact) mass is 374 g/mol. The second-order valence-electron chi connectivity index (χ2n) is 8.49. The predicted octanol–water partition coefficient (Wildman–Crippen LogP) is 1.47. The van der Waals surface area contributed by atoms with Crippen LogP contribution in [0.3, 0.4) is 0 Å². The van der Waals surface area contributed by atoms with Crippen LogP contribution in [-0.4, -0.2) is 61.4 Å². The van der Waals surface area contributed by atoms with Crippen molar-refractivity contribution in [1.82, 2.24) is 20.4 Å². The normalized spacial score (nSPS) is 20.2. The molecule has 148 valence electrons. The van der Waals surface area contributed by atoms with E-state index in [-0.39, 0.29) is 17.9 Å². The average molecular weight is 374 g/mol. The van der Waals surface area contributed by atoms with Gasteiger partial charge < -0.3 is 15.5 Å². The highest BCUT2D eigenvalue weighted by molar-refractivity contribution is 6.09. The molecule has 1 aliphatic rings. The lowest BCUT2D eigenvalue weighted by molar-refractivity contribution is -0.134. The van der Waals surface area contributed by atoms with Crippen LogP contribution in [0.15, 0.2) is 24.3 Å². The van der Waals surface area contributed by atoms with E-state index in [1.807, 2.05) is 45.3 Å². The Kier molecular flexibility index (Phi) is 5.94. The van der Waals surface area contributed by atoms with E-state index in [1.165, 1.54) is 0 Å². The lowest BCUT2D eigenvalue weighted by Gasteiger charge is -2.28. The fraction of sp³-hybridized carbons (Fsp3) is 0.550. The summed E-state index contributed by atoms with van der Waals surface area (Å²) in [5.74, 6) is -0.766. The van der Waals surface area contributed by atoms with Crippen LogP contribution < -0.4 is 10.6 Å². The number of benzene rings is 1. The van der Waals surface area contributed by atoms with Crippen molar-refractivity contribution in [2.45, 2.75) is 33.2 Å². The minimum atomic E-state index is -1.16. The Morgan fingerprint density at radius 1 is 1.22 bits per heavy atom. The highest BCUT2D eigenvalue weighted by Crippen LogP contribution is 2.28. The number of carbonyl (C=O) groups excluding carboxylic acids is 3. The van der Waals surface area contributed by atoms with Crippen LogP contribution in [0.5, 0.6) is 0 Å². The molecule has 0 bridgehead atoms. The number of nitrogens with zero attached hydrogens (tertiary/aromatic N) is 2. The summed E-state index contributed by atoms with van der Waals surface area (Å²) >= 11 is 0. The second kappa shape index (κ2) is 7.68. The molecule has 1 unspecified atom stereocenters. The van der Waals surface area contributed by atoms with Crippen LogP contribution >= 0.6 is 0 Å². The first-order valence-electron chi connectivity index (χ1n) is 9.07. The Morgan fingerprint density at radius 3 is 2.37 bits per heavy atom. The van der Waals surface area contributed by atoms with Crippen molar-refractivity contribution in [3.05, 3.63) is 35.4 Å². The molecule has 0 aliphatic carbocycles. The third kappa shape index (κ3) is 4.86. The summed E-state index contributed by atoms with van der Waals surface area (Å²) in [5, 5.41) is 5.55. The van der Waals surface area contributed by atoms with Gasteiger partial charge in [0.15, 0.2) is 0 Å². The van der Waals surface area contributed by atoms with Crippen molar-refractivity contribution in [2.75, 3.05) is 33.7 Å². The lowest BCUT2D eigenvalue weighted by Crippen LogP contribution is -2.46. The summed E-state index contributed by atoms with van der Waals surface area (Å²) in [5.41, 5.74) is 0.486. The van der Waals surface area contributed by atoms with Crippen molar-refractivity contribution in [3.63, 3.8) is 0 Å². The Hall–Kier alpha value is -2.41. The topological polar surface area (TPSA) is 81.8 Å². The molecule has 7 nitrogen and oxygen atoms in total. The molecule has 0 radical (unpaired) electrons. The van der Waals surface area contributed by atoms with Crippen molar-refractivity contribution in [2.24, 2.45) is 5.41 Å². The quantitative estimate of drug-likeness (QED) is 0.708. The highest BCUT2D eigenvalue weighted by Gasteiger charge is 2.49. The number of carbonyl (C=O) groups is 3. The third-order valence-corrected chi connectivity index (χ3v) is 4.71. The van der Waals surface area contributed by atoms with Crippen molar-refractivity contribution in [1.29, 1.82) is 0 Å². The molecule has 0 saturated carbocycles. The molecule has 7 heteroatoms. The molecule has 1 heterocycles. The van der Waals surface area contributed by atoms with Crippen molar-refractivity contribution < 1.29 is 14.4 Å². The van der Waals surface area contributed by atoms with E-state index < -0.39 is 17.5 Å². The Bertz CT molecular complexity index is 727. The first-order chi connectivity index (χ1) is 12.4. The summed E-state index contributed by atoms with van der Waals surface area (Å²) in [6, 6.07) is 6.87. The first-order valence-corrected chi connectivity index (χ1v) is 9.07. The maximum atomic E-state index is 12.9. The zero-order valence-electron chi connectivity index (χ0n) is 17.0. The molecule has 2 N–H and O–H groups in total. The standard InChI is InChI=1S/C20H30N4O3/c1-14-7-9-15(10-8-14)20(4)17(26)24(18(27)22-20)11-16(25)21-12-19(2,3)13-23(5)6/h7-10H,11-13H2,1-6H3,(H,21,25)(H,22,27). The summed E-state index contributed by atoms with van der Waals surface area (Å²) in [4.78, 5) is 40.5. The van der Waals surface area contributed by atoms with Gasteiger partial charge in [-0.05, 0) is 38.9 Å². The molecule has 1 atom stereocenters. The Balaban J connectivity index is 2.03. The summed E-state index contributed by atoms with van der Waals surface area (Å²) in [7, 11) is 3.95. The molecule has 1 saturated heterocycles. The number of imide groups is 1. The van der Waals surface area contributed by atoms with Crippen LogP contribution in [0.2, 0.25) is 0 Å². The molecule has 0 spiro atoms. The van der Waals surface area contributed by atoms with Gasteiger partial charge in [-0.1, -0.05) is 43.7 Å². The zero-order valence-corrected chi connectivity index (χ0v) is 17.0. The molecule has 27 heavy (non-hydrogen) atoms. The van der Waals surface area contributed by atoms with Gasteiger partial charge in [0.05, 0.1) is 0 Å². The van der Waals surface area contributed by atoms with Crippen LogP contribution in [0.1, 0.15) is 31.9 Å². The molecule has 0 aromatic heterocycles. The number of hydrogen-bond donors (Lipinski definition) is 2. The maximum Gasteiger partial charge on any atom is 0.325 e. The fourth-order valence-corrected chi connectivity index (χ4v) is 3.37. The predicted molar refractivity (Wildman–Crippen MR) is 104 cm³/mol. The lowest BCUT2D eigenvalue weighted by atomic mass is 9.91. The highest BCUT2D eigenvalue weighted by atomic mass is 16.2. The SMILES string of the molecule is Cc1ccc(C2(C)NC(=O)N(CC(=O)NCC(C)(C)CN(C)C)C2=O)cc1. The Morgan fingerprint density at radius 2 is 1.81 bits per heavy atom. The molecular formula is C20H30N4O3. The van der Waals surface area contributed by atoms with E-state index in [0.29, 0.717) is 12.1 Å². The second-order valence-corrected chi connectivity index (χ2v) is 8.49. The van der Waals surface area contributed by atoms with Gasteiger partial charge in [-0.3, -0.25) is 14.5 Å². The third-order valence-electron chi connectivity index (χ3n) is 4.71. The summed E-state index contributed by atoms with van der Waals surface area (Å²) < 4.78 is 0. The number of nitrogens with one attached hydrogen (secondary N) is 2. The molecular weight excluding hydrogens is 344 g/mol. The average Bonchev–Trinajstić information content (AvgIpc) is 2.77. The molecule has 1 aromatic carbocycles. The summed E-state index contributed by atoms with van der Waals surface area (Å²) in [6.45, 7) is 8.70. The van der Waals surface area contributed by atoms with E-state index in [1.54, 1.807) is 6.92 Å². The van der Waals surface area contributed by atoms with Crippen LogP contribution in [0.4, 0.5) is 4.79 Å². The smallest absolute Gasteiger partial charge is 0.325 e. The zero-order chi connectivity index (χ0) is 20.4. The molecule has 1 aromatic rings. The maximum absolute atomic E-state index is 12.9. The van der Waals surface area contributed by atoms with Gasteiger partial charge in [0.25, 0.3) is 5.91 Å². The van der Waals surface area contributed by atoms with E-state index in [4.69, 9.17) is 0 Å². The van der Waals surface area contributed by atoms with E-state index in [2.05, 4.69) is 29.4 Å². The number of amides is 4. The molecule has 1 fully saturated rings. The number of aryl methyl sites for hydroxylation is 1. The number of rotatable bonds is 7. The molecule has 4 amide bonds. The van der Waals surface area contributed by atoms with Crippen LogP contribution in [-0.2, 0) is 15.1 Å². The number of urea groups is 1. The van der Waals surface area contributed by atoms with E-state index in [9.17, 15) is 14.4 Å². The molecule has 1 aliphatic heterocycles. The minimum absolute atomic E-state index is 0.118. The first kappa shape index (κ1) is 20.9. The van der Waals surface area contributed by atoms with Gasteiger partial charge in [-0.2, -0.15) is 0 Å². The minimum Gasteiger partial charge on any atom is -0.354 e. The van der Waals surface area contributed by atoms with Crippen molar-refractivity contribution >= 4 is 17.8 Å². The van der Waals surface area contributed by atoms with Gasteiger partial charge in [0.1, 0.15) is 12.1 Å². The van der Waals surface area contributed by atoms with E-state index >= 15 is 0 Å². The fourth-order valence-electron chi connectivity index (χ4n) is 3.37. The van der Waals surface area contributed by atoms with Gasteiger partial charge in [0, 0.05) is 13.1 Å². The van der Waals surface area contributed by atoms with Gasteiger partial charge >= 0.3 is 6.03 Å². The molecule has 2 rings (SSSR count). The summed E-state index contributed by atoms with van der Waals surface area (Å²) in [6.07, 6.45) is 0. The Labute approximate surface area is 161 Å².